The van der Waals surface area contributed by atoms with E-state index in [1.165, 1.54) is 14.1 Å². The topological polar surface area (TPSA) is 145 Å². The van der Waals surface area contributed by atoms with Gasteiger partial charge in [0.1, 0.15) is 11.2 Å². The molecule has 15 heteroatoms. The SMILES string of the molecule is COc1nc(-c2cccc(-c3cccc(Nc4nc(C(F)F)nc5c4c(=O)n(C)c(=O)n5C)c3C)c2Cl)ccc1CNC1CCOCC1O. The first-order valence-corrected chi connectivity index (χ1v) is 15.8. The second-order valence-electron chi connectivity index (χ2n) is 11.7. The van der Waals surface area contributed by atoms with Gasteiger partial charge in [-0.15, -0.1) is 0 Å². The van der Waals surface area contributed by atoms with Gasteiger partial charge in [0, 0.05) is 55.7 Å². The maximum atomic E-state index is 13.8. The number of nitrogens with one attached hydrogen (secondary N) is 2. The van der Waals surface area contributed by atoms with Crippen LogP contribution < -0.4 is 26.6 Å². The van der Waals surface area contributed by atoms with Crippen LogP contribution in [0.4, 0.5) is 20.3 Å². The lowest BCUT2D eigenvalue weighted by Crippen LogP contribution is -2.46. The Morgan fingerprint density at radius 1 is 1.04 bits per heavy atom. The molecule has 256 valence electrons. The molecule has 3 aromatic heterocycles. The van der Waals surface area contributed by atoms with E-state index in [0.29, 0.717) is 65.2 Å². The van der Waals surface area contributed by atoms with E-state index >= 15 is 0 Å². The van der Waals surface area contributed by atoms with Crippen molar-refractivity contribution in [3.8, 4) is 28.3 Å². The lowest BCUT2D eigenvalue weighted by atomic mass is 9.96. The van der Waals surface area contributed by atoms with Crippen LogP contribution in [0.15, 0.2) is 58.1 Å². The number of aliphatic hydroxyl groups excluding tert-OH is 1. The molecule has 0 bridgehead atoms. The summed E-state index contributed by atoms with van der Waals surface area (Å²) in [6.45, 7) is 3.13. The number of hydrogen-bond acceptors (Lipinski definition) is 10. The Morgan fingerprint density at radius 3 is 2.51 bits per heavy atom. The summed E-state index contributed by atoms with van der Waals surface area (Å²) < 4.78 is 40.5. The minimum Gasteiger partial charge on any atom is -0.481 e. The predicted octanol–water partition coefficient (Wildman–Crippen LogP) is 4.65. The van der Waals surface area contributed by atoms with Gasteiger partial charge >= 0.3 is 5.69 Å². The third-order valence-electron chi connectivity index (χ3n) is 8.68. The van der Waals surface area contributed by atoms with E-state index in [1.54, 1.807) is 19.2 Å². The molecule has 4 heterocycles. The molecular weight excluding hydrogens is 660 g/mol. The van der Waals surface area contributed by atoms with Gasteiger partial charge in [-0.05, 0) is 36.6 Å². The quantitative estimate of drug-likeness (QED) is 0.200. The molecule has 1 fully saturated rings. The van der Waals surface area contributed by atoms with Gasteiger partial charge < -0.3 is 25.2 Å². The van der Waals surface area contributed by atoms with Crippen LogP contribution in [0.3, 0.4) is 0 Å². The Hall–Kier alpha value is -4.76. The van der Waals surface area contributed by atoms with E-state index in [1.807, 2.05) is 43.3 Å². The summed E-state index contributed by atoms with van der Waals surface area (Å²) in [6, 6.07) is 14.6. The second kappa shape index (κ2) is 14.0. The Bertz CT molecular complexity index is 2170. The number of halogens is 3. The molecule has 0 saturated carbocycles. The number of rotatable bonds is 9. The summed E-state index contributed by atoms with van der Waals surface area (Å²) in [6.07, 6.45) is -2.95. The molecule has 49 heavy (non-hydrogen) atoms. The van der Waals surface area contributed by atoms with Crippen molar-refractivity contribution in [3.63, 3.8) is 0 Å². The van der Waals surface area contributed by atoms with Gasteiger partial charge in [-0.2, -0.15) is 0 Å². The van der Waals surface area contributed by atoms with Gasteiger partial charge in [-0.3, -0.25) is 13.9 Å². The van der Waals surface area contributed by atoms with E-state index in [0.717, 1.165) is 20.3 Å². The Morgan fingerprint density at radius 2 is 1.78 bits per heavy atom. The van der Waals surface area contributed by atoms with Crippen LogP contribution in [-0.4, -0.2) is 61.7 Å². The van der Waals surface area contributed by atoms with Crippen molar-refractivity contribution in [1.29, 1.82) is 0 Å². The van der Waals surface area contributed by atoms with E-state index in [9.17, 15) is 23.5 Å². The largest absolute Gasteiger partial charge is 0.481 e. The maximum absolute atomic E-state index is 13.8. The van der Waals surface area contributed by atoms with Crippen LogP contribution in [0.1, 0.15) is 29.8 Å². The number of anilines is 2. The molecule has 0 radical (unpaired) electrons. The normalized spacial score (nSPS) is 16.3. The molecule has 3 N–H and O–H groups in total. The van der Waals surface area contributed by atoms with Crippen molar-refractivity contribution >= 4 is 34.1 Å². The Labute approximate surface area is 284 Å². The minimum absolute atomic E-state index is 0.101. The summed E-state index contributed by atoms with van der Waals surface area (Å²) in [7, 11) is 4.19. The van der Waals surface area contributed by atoms with Crippen molar-refractivity contribution in [2.45, 2.75) is 38.5 Å². The van der Waals surface area contributed by atoms with Gasteiger partial charge in [0.25, 0.3) is 12.0 Å². The van der Waals surface area contributed by atoms with E-state index in [4.69, 9.17) is 26.1 Å². The Kier molecular flexibility index (Phi) is 9.75. The van der Waals surface area contributed by atoms with Crippen molar-refractivity contribution < 1.29 is 23.4 Å². The highest BCUT2D eigenvalue weighted by molar-refractivity contribution is 6.36. The summed E-state index contributed by atoms with van der Waals surface area (Å²) in [5.74, 6) is -0.568. The molecule has 12 nitrogen and oxygen atoms in total. The fourth-order valence-electron chi connectivity index (χ4n) is 5.92. The summed E-state index contributed by atoms with van der Waals surface area (Å²) >= 11 is 7.05. The smallest absolute Gasteiger partial charge is 0.332 e. The molecule has 2 atom stereocenters. The zero-order valence-corrected chi connectivity index (χ0v) is 27.9. The first-order valence-electron chi connectivity index (χ1n) is 15.4. The van der Waals surface area contributed by atoms with Crippen LogP contribution in [0.5, 0.6) is 5.88 Å². The molecule has 1 aliphatic heterocycles. The van der Waals surface area contributed by atoms with Crippen LogP contribution in [0.2, 0.25) is 5.02 Å². The van der Waals surface area contributed by atoms with Crippen LogP contribution in [0, 0.1) is 6.92 Å². The molecule has 5 aromatic rings. The molecule has 6 rings (SSSR count). The number of nitrogens with zero attached hydrogens (tertiary/aromatic N) is 5. The van der Waals surface area contributed by atoms with Crippen molar-refractivity contribution in [1.82, 2.24) is 29.4 Å². The summed E-state index contributed by atoms with van der Waals surface area (Å²) in [4.78, 5) is 38.3. The van der Waals surface area contributed by atoms with Crippen LogP contribution in [-0.2, 0) is 25.4 Å². The van der Waals surface area contributed by atoms with Crippen LogP contribution in [0.25, 0.3) is 33.4 Å². The molecule has 1 aliphatic rings. The standard InChI is InChI=1S/C34H34ClF2N7O5/c1-17-19(7-6-10-22(17)39-29-26-31(42-30(41-29)28(36)37)43(2)34(47)44(3)33(26)46)20-8-5-9-21(27(20)35)23-12-11-18(32(40-23)48-4)15-38-24-13-14-49-16-25(24)45/h5-12,24-25,28,38,45H,13-16H2,1-4H3,(H,39,41,42). The maximum Gasteiger partial charge on any atom is 0.332 e. The number of aryl methyl sites for hydroxylation is 1. The highest BCUT2D eigenvalue weighted by Crippen LogP contribution is 2.40. The monoisotopic (exact) mass is 693 g/mol. The average Bonchev–Trinajstić information content (AvgIpc) is 3.10. The third-order valence-corrected chi connectivity index (χ3v) is 9.08. The molecule has 2 unspecified atom stereocenters. The molecule has 2 aromatic carbocycles. The average molecular weight is 694 g/mol. The second-order valence-corrected chi connectivity index (χ2v) is 12.1. The first kappa shape index (κ1) is 34.1. The predicted molar refractivity (Wildman–Crippen MR) is 182 cm³/mol. The zero-order valence-electron chi connectivity index (χ0n) is 27.1. The van der Waals surface area contributed by atoms with Gasteiger partial charge in [-0.25, -0.2) is 28.5 Å². The third kappa shape index (κ3) is 6.52. The highest BCUT2D eigenvalue weighted by atomic mass is 35.5. The van der Waals surface area contributed by atoms with E-state index in [2.05, 4.69) is 20.6 Å². The van der Waals surface area contributed by atoms with Crippen molar-refractivity contribution in [3.05, 3.63) is 91.3 Å². The number of hydrogen-bond donors (Lipinski definition) is 3. The lowest BCUT2D eigenvalue weighted by molar-refractivity contribution is -0.0281. The molecule has 0 spiro atoms. The number of aliphatic hydroxyl groups is 1. The fraction of sp³-hybridized carbons (Fsp3) is 0.324. The number of aromatic nitrogens is 5. The van der Waals surface area contributed by atoms with Gasteiger partial charge in [0.2, 0.25) is 5.88 Å². The lowest BCUT2D eigenvalue weighted by Gasteiger charge is -2.28. The first-order chi connectivity index (χ1) is 23.5. The van der Waals surface area contributed by atoms with E-state index in [-0.39, 0.29) is 22.9 Å². The molecule has 1 saturated heterocycles. The number of methoxy groups -OCH3 is 1. The number of alkyl halides is 2. The van der Waals surface area contributed by atoms with Crippen LogP contribution >= 0.6 is 11.6 Å². The van der Waals surface area contributed by atoms with Crippen molar-refractivity contribution in [2.75, 3.05) is 25.6 Å². The molecular formula is C34H34ClF2N7O5. The van der Waals surface area contributed by atoms with Crippen molar-refractivity contribution in [2.24, 2.45) is 14.1 Å². The van der Waals surface area contributed by atoms with Gasteiger partial charge in [0.15, 0.2) is 11.5 Å². The van der Waals surface area contributed by atoms with E-state index < -0.39 is 29.6 Å². The number of ether oxygens (including phenoxy) is 2. The summed E-state index contributed by atoms with van der Waals surface area (Å²) in [5, 5.41) is 16.9. The zero-order chi connectivity index (χ0) is 35.0. The molecule has 0 amide bonds. The number of benzene rings is 2. The fourth-order valence-corrected chi connectivity index (χ4v) is 6.25. The number of fused-ring (bicyclic) bond motifs is 1. The van der Waals surface area contributed by atoms with Gasteiger partial charge in [0.05, 0.1) is 30.5 Å². The molecule has 0 aliphatic carbocycles. The minimum atomic E-state index is -3.05. The highest BCUT2D eigenvalue weighted by Gasteiger charge is 2.25. The summed E-state index contributed by atoms with van der Waals surface area (Å²) in [5.41, 5.74) is 2.98. The number of pyridine rings is 1. The van der Waals surface area contributed by atoms with Gasteiger partial charge in [-0.1, -0.05) is 48.0 Å². The Balaban J connectivity index is 1.35.